The number of para-hydroxylation sites is 1. The molecule has 1 aromatic carbocycles. The van der Waals surface area contributed by atoms with Crippen molar-refractivity contribution in [3.05, 3.63) is 53.1 Å². The maximum Gasteiger partial charge on any atom is 0.233 e. The molecule has 0 N–H and O–H groups in total. The van der Waals surface area contributed by atoms with E-state index in [1.54, 1.807) is 18.5 Å². The highest BCUT2D eigenvalue weighted by Crippen LogP contribution is 2.29. The Bertz CT molecular complexity index is 621. The standard InChI is InChI=1S/C15H14N2O2/c1-10-8-16-15(17-9-10)13(18)12-6-2-4-11-5-3-7-19-14(11)12/h2,4,6,8-9H,3,5,7H2,1H3. The molecule has 0 saturated heterocycles. The second-order valence-corrected chi connectivity index (χ2v) is 4.66. The number of aryl methyl sites for hydroxylation is 2. The van der Waals surface area contributed by atoms with Gasteiger partial charge in [-0.15, -0.1) is 0 Å². The van der Waals surface area contributed by atoms with E-state index in [9.17, 15) is 4.79 Å². The first-order chi connectivity index (χ1) is 9.25. The van der Waals surface area contributed by atoms with Crippen LogP contribution in [0.25, 0.3) is 0 Å². The number of fused-ring (bicyclic) bond motifs is 1. The van der Waals surface area contributed by atoms with E-state index in [4.69, 9.17) is 4.74 Å². The van der Waals surface area contributed by atoms with Gasteiger partial charge in [0.1, 0.15) is 5.75 Å². The summed E-state index contributed by atoms with van der Waals surface area (Å²) in [5.41, 5.74) is 2.58. The lowest BCUT2D eigenvalue weighted by Gasteiger charge is -2.19. The second-order valence-electron chi connectivity index (χ2n) is 4.66. The van der Waals surface area contributed by atoms with Crippen molar-refractivity contribution in [2.75, 3.05) is 6.61 Å². The van der Waals surface area contributed by atoms with Crippen molar-refractivity contribution in [1.82, 2.24) is 9.97 Å². The van der Waals surface area contributed by atoms with Crippen LogP contribution < -0.4 is 4.74 Å². The van der Waals surface area contributed by atoms with Crippen LogP contribution in [0.1, 0.15) is 33.7 Å². The Morgan fingerprint density at radius 1 is 1.26 bits per heavy atom. The van der Waals surface area contributed by atoms with Gasteiger partial charge in [0.05, 0.1) is 12.2 Å². The number of carbonyl (C=O) groups excluding carboxylic acids is 1. The van der Waals surface area contributed by atoms with Crippen molar-refractivity contribution < 1.29 is 9.53 Å². The first-order valence-electron chi connectivity index (χ1n) is 6.34. The Morgan fingerprint density at radius 3 is 2.84 bits per heavy atom. The zero-order valence-electron chi connectivity index (χ0n) is 10.7. The summed E-state index contributed by atoms with van der Waals surface area (Å²) in [6.07, 6.45) is 5.24. The second kappa shape index (κ2) is 4.80. The molecule has 3 rings (SSSR count). The summed E-state index contributed by atoms with van der Waals surface area (Å²) >= 11 is 0. The Balaban J connectivity index is 2.02. The molecule has 0 aliphatic carbocycles. The lowest BCUT2D eigenvalue weighted by atomic mass is 10.00. The molecule has 1 aromatic heterocycles. The lowest BCUT2D eigenvalue weighted by molar-refractivity contribution is 0.102. The van der Waals surface area contributed by atoms with Gasteiger partial charge < -0.3 is 4.74 Å². The smallest absolute Gasteiger partial charge is 0.233 e. The van der Waals surface area contributed by atoms with Crippen molar-refractivity contribution in [3.63, 3.8) is 0 Å². The van der Waals surface area contributed by atoms with E-state index in [2.05, 4.69) is 9.97 Å². The number of rotatable bonds is 2. The molecule has 0 saturated carbocycles. The summed E-state index contributed by atoms with van der Waals surface area (Å²) in [6.45, 7) is 2.55. The minimum absolute atomic E-state index is 0.182. The quantitative estimate of drug-likeness (QED) is 0.772. The van der Waals surface area contributed by atoms with E-state index in [1.165, 1.54) is 0 Å². The van der Waals surface area contributed by atoms with E-state index < -0.39 is 0 Å². The third-order valence-electron chi connectivity index (χ3n) is 3.16. The van der Waals surface area contributed by atoms with Crippen LogP contribution in [0.15, 0.2) is 30.6 Å². The van der Waals surface area contributed by atoms with Gasteiger partial charge in [0.2, 0.25) is 11.6 Å². The molecule has 2 aromatic rings. The first kappa shape index (κ1) is 11.8. The number of hydrogen-bond donors (Lipinski definition) is 0. The molecular formula is C15H14N2O2. The number of hydrogen-bond acceptors (Lipinski definition) is 4. The Kier molecular flexibility index (Phi) is 2.99. The van der Waals surface area contributed by atoms with Crippen molar-refractivity contribution in [2.45, 2.75) is 19.8 Å². The fourth-order valence-corrected chi connectivity index (χ4v) is 2.20. The van der Waals surface area contributed by atoms with E-state index in [1.807, 2.05) is 19.1 Å². The molecule has 0 bridgehead atoms. The van der Waals surface area contributed by atoms with Gasteiger partial charge in [-0.1, -0.05) is 12.1 Å². The van der Waals surface area contributed by atoms with Crippen LogP contribution in [0.5, 0.6) is 5.75 Å². The molecule has 19 heavy (non-hydrogen) atoms. The average Bonchev–Trinajstić information content (AvgIpc) is 2.47. The molecule has 0 spiro atoms. The highest BCUT2D eigenvalue weighted by molar-refractivity contribution is 6.08. The number of ether oxygens (including phenoxy) is 1. The number of benzene rings is 1. The van der Waals surface area contributed by atoms with Crippen LogP contribution in [-0.4, -0.2) is 22.4 Å². The Morgan fingerprint density at radius 2 is 2.05 bits per heavy atom. The zero-order chi connectivity index (χ0) is 13.2. The highest BCUT2D eigenvalue weighted by atomic mass is 16.5. The van der Waals surface area contributed by atoms with Crippen molar-refractivity contribution in [2.24, 2.45) is 0 Å². The third kappa shape index (κ3) is 2.21. The van der Waals surface area contributed by atoms with Gasteiger partial charge in [-0.2, -0.15) is 0 Å². The van der Waals surface area contributed by atoms with Crippen LogP contribution in [0.3, 0.4) is 0 Å². The molecule has 4 heteroatoms. The average molecular weight is 254 g/mol. The van der Waals surface area contributed by atoms with Crippen LogP contribution in [0.4, 0.5) is 0 Å². The molecule has 2 heterocycles. The normalized spacial score (nSPS) is 13.5. The summed E-state index contributed by atoms with van der Waals surface area (Å²) in [5, 5.41) is 0. The van der Waals surface area contributed by atoms with Gasteiger partial charge in [-0.05, 0) is 37.0 Å². The van der Waals surface area contributed by atoms with E-state index in [-0.39, 0.29) is 11.6 Å². The predicted molar refractivity (Wildman–Crippen MR) is 70.5 cm³/mol. The van der Waals surface area contributed by atoms with Crippen molar-refractivity contribution in [1.29, 1.82) is 0 Å². The number of nitrogens with zero attached hydrogens (tertiary/aromatic N) is 2. The van der Waals surface area contributed by atoms with Crippen LogP contribution in [-0.2, 0) is 6.42 Å². The highest BCUT2D eigenvalue weighted by Gasteiger charge is 2.21. The van der Waals surface area contributed by atoms with E-state index in [0.717, 1.165) is 24.0 Å². The lowest BCUT2D eigenvalue weighted by Crippen LogP contribution is -2.14. The molecule has 0 radical (unpaired) electrons. The largest absolute Gasteiger partial charge is 0.493 e. The van der Waals surface area contributed by atoms with Gasteiger partial charge in [0, 0.05) is 12.4 Å². The molecule has 0 unspecified atom stereocenters. The number of aromatic nitrogens is 2. The van der Waals surface area contributed by atoms with Gasteiger partial charge in [0.15, 0.2) is 0 Å². The monoisotopic (exact) mass is 254 g/mol. The van der Waals surface area contributed by atoms with Gasteiger partial charge in [-0.3, -0.25) is 4.79 Å². The molecule has 1 aliphatic rings. The number of ketones is 1. The topological polar surface area (TPSA) is 52.1 Å². The fraction of sp³-hybridized carbons (Fsp3) is 0.267. The first-order valence-corrected chi connectivity index (χ1v) is 6.34. The molecular weight excluding hydrogens is 240 g/mol. The Labute approximate surface area is 111 Å². The summed E-state index contributed by atoms with van der Waals surface area (Å²) in [5.74, 6) is 0.731. The minimum atomic E-state index is -0.182. The molecule has 0 atom stereocenters. The van der Waals surface area contributed by atoms with Crippen LogP contribution >= 0.6 is 0 Å². The Hall–Kier alpha value is -2.23. The predicted octanol–water partition coefficient (Wildman–Crippen LogP) is 2.34. The summed E-state index contributed by atoms with van der Waals surface area (Å²) in [6, 6.07) is 5.66. The molecule has 0 fully saturated rings. The van der Waals surface area contributed by atoms with Gasteiger partial charge >= 0.3 is 0 Å². The van der Waals surface area contributed by atoms with Crippen molar-refractivity contribution >= 4 is 5.78 Å². The van der Waals surface area contributed by atoms with E-state index >= 15 is 0 Å². The summed E-state index contributed by atoms with van der Waals surface area (Å²) in [7, 11) is 0. The van der Waals surface area contributed by atoms with Crippen LogP contribution in [0.2, 0.25) is 0 Å². The maximum atomic E-state index is 12.4. The SMILES string of the molecule is Cc1cnc(C(=O)c2cccc3c2OCCC3)nc1. The maximum absolute atomic E-state index is 12.4. The summed E-state index contributed by atoms with van der Waals surface area (Å²) < 4.78 is 5.64. The van der Waals surface area contributed by atoms with Crippen LogP contribution in [0, 0.1) is 6.92 Å². The third-order valence-corrected chi connectivity index (χ3v) is 3.16. The number of carbonyl (C=O) groups is 1. The molecule has 0 amide bonds. The molecule has 1 aliphatic heterocycles. The van der Waals surface area contributed by atoms with E-state index in [0.29, 0.717) is 17.9 Å². The van der Waals surface area contributed by atoms with Gasteiger partial charge in [-0.25, -0.2) is 9.97 Å². The van der Waals surface area contributed by atoms with Crippen molar-refractivity contribution in [3.8, 4) is 5.75 Å². The molecule has 96 valence electrons. The minimum Gasteiger partial charge on any atom is -0.493 e. The fourth-order valence-electron chi connectivity index (χ4n) is 2.20. The molecule has 4 nitrogen and oxygen atoms in total. The van der Waals surface area contributed by atoms with Gasteiger partial charge in [0.25, 0.3) is 0 Å². The summed E-state index contributed by atoms with van der Waals surface area (Å²) in [4.78, 5) is 20.6. The zero-order valence-corrected chi connectivity index (χ0v) is 10.7.